The van der Waals surface area contributed by atoms with Crippen LogP contribution < -0.4 is 10.9 Å². The smallest absolute Gasteiger partial charge is 0.240 e. The first kappa shape index (κ1) is 20.3. The highest BCUT2D eigenvalue weighted by Crippen LogP contribution is 2.05. The van der Waals surface area contributed by atoms with E-state index in [9.17, 15) is 9.59 Å². The minimum absolute atomic E-state index is 0.0464. The summed E-state index contributed by atoms with van der Waals surface area (Å²) in [4.78, 5) is 23.0. The fourth-order valence-electron chi connectivity index (χ4n) is 1.51. The number of hydrogen-bond acceptors (Lipinski definition) is 4. The van der Waals surface area contributed by atoms with E-state index in [-0.39, 0.29) is 11.8 Å². The number of rotatable bonds is 11. The van der Waals surface area contributed by atoms with Crippen LogP contribution in [0.5, 0.6) is 0 Å². The summed E-state index contributed by atoms with van der Waals surface area (Å²) in [5.41, 5.74) is 6.92. The predicted molar refractivity (Wildman–Crippen MR) is 90.8 cm³/mol. The third-order valence-corrected chi connectivity index (χ3v) is 3.32. The molecule has 6 heteroatoms. The molecule has 0 aliphatic heterocycles. The molecule has 0 saturated heterocycles. The second-order valence-electron chi connectivity index (χ2n) is 5.39. The third kappa shape index (κ3) is 12.1. The molecule has 0 bridgehead atoms. The lowest BCUT2D eigenvalue weighted by Crippen LogP contribution is -2.18. The van der Waals surface area contributed by atoms with Crippen molar-refractivity contribution in [1.29, 1.82) is 0 Å². The first-order chi connectivity index (χ1) is 10.5. The molecule has 0 aliphatic carbocycles. The number of hydrogen-bond donors (Lipinski definition) is 2. The van der Waals surface area contributed by atoms with Crippen LogP contribution in [0.1, 0.15) is 79.1 Å². The molecule has 0 saturated carbocycles. The van der Waals surface area contributed by atoms with E-state index in [0.29, 0.717) is 12.8 Å². The largest absolute Gasteiger partial charge is 0.273 e. The Morgan fingerprint density at radius 3 is 1.41 bits per heavy atom. The zero-order valence-electron chi connectivity index (χ0n) is 14.4. The summed E-state index contributed by atoms with van der Waals surface area (Å²) < 4.78 is 0. The Hall–Kier alpha value is -1.72. The summed E-state index contributed by atoms with van der Waals surface area (Å²) in [6.07, 6.45) is 6.15. The topological polar surface area (TPSA) is 82.9 Å². The highest BCUT2D eigenvalue weighted by molar-refractivity contribution is 5.84. The molecule has 0 atom stereocenters. The Labute approximate surface area is 133 Å². The zero-order valence-corrected chi connectivity index (χ0v) is 14.4. The summed E-state index contributed by atoms with van der Waals surface area (Å²) >= 11 is 0. The van der Waals surface area contributed by atoms with E-state index in [2.05, 4.69) is 21.1 Å². The van der Waals surface area contributed by atoms with E-state index in [1.165, 1.54) is 0 Å². The van der Waals surface area contributed by atoms with Gasteiger partial charge in [-0.3, -0.25) is 9.59 Å². The Balaban J connectivity index is 3.58. The minimum Gasteiger partial charge on any atom is -0.273 e. The maximum Gasteiger partial charge on any atom is 0.240 e. The maximum atomic E-state index is 11.5. The standard InChI is InChI=1S/C16H30N4O2/c1-5-13(3)17-19-15(21)11-9-7-8-10-12-16(22)20-18-14(4)6-2/h5-12H2,1-4H3,(H,19,21)(H,20,22)/b17-13-,18-14-. The summed E-state index contributed by atoms with van der Waals surface area (Å²) in [5.74, 6) is -0.0927. The molecule has 0 aromatic heterocycles. The van der Waals surface area contributed by atoms with Crippen LogP contribution in [-0.2, 0) is 9.59 Å². The number of carbonyl (C=O) groups is 2. The summed E-state index contributed by atoms with van der Waals surface area (Å²) in [6, 6.07) is 0. The molecule has 0 spiro atoms. The number of nitrogens with zero attached hydrogens (tertiary/aromatic N) is 2. The van der Waals surface area contributed by atoms with Gasteiger partial charge in [0.15, 0.2) is 0 Å². The fourth-order valence-corrected chi connectivity index (χ4v) is 1.51. The van der Waals surface area contributed by atoms with Gasteiger partial charge in [-0.05, 0) is 39.5 Å². The van der Waals surface area contributed by atoms with Crippen molar-refractivity contribution in [3.8, 4) is 0 Å². The summed E-state index contributed by atoms with van der Waals surface area (Å²) in [5, 5.41) is 7.95. The molecule has 2 N–H and O–H groups in total. The lowest BCUT2D eigenvalue weighted by molar-refractivity contribution is -0.122. The average Bonchev–Trinajstić information content (AvgIpc) is 2.53. The van der Waals surface area contributed by atoms with Crippen LogP contribution >= 0.6 is 0 Å². The molecule has 2 amide bonds. The number of amides is 2. The molecule has 0 radical (unpaired) electrons. The molecular formula is C16H30N4O2. The van der Waals surface area contributed by atoms with Crippen molar-refractivity contribution in [2.24, 2.45) is 10.2 Å². The Morgan fingerprint density at radius 2 is 1.09 bits per heavy atom. The van der Waals surface area contributed by atoms with Gasteiger partial charge in [0.25, 0.3) is 0 Å². The van der Waals surface area contributed by atoms with Crippen LogP contribution in [0.25, 0.3) is 0 Å². The van der Waals surface area contributed by atoms with Gasteiger partial charge in [-0.1, -0.05) is 26.7 Å². The molecule has 0 rings (SSSR count). The van der Waals surface area contributed by atoms with Gasteiger partial charge in [-0.15, -0.1) is 0 Å². The number of unbranched alkanes of at least 4 members (excludes halogenated alkanes) is 3. The van der Waals surface area contributed by atoms with E-state index in [1.54, 1.807) is 0 Å². The minimum atomic E-state index is -0.0464. The molecule has 6 nitrogen and oxygen atoms in total. The Morgan fingerprint density at radius 1 is 0.727 bits per heavy atom. The van der Waals surface area contributed by atoms with Crippen molar-refractivity contribution in [2.75, 3.05) is 0 Å². The first-order valence-corrected chi connectivity index (χ1v) is 8.13. The van der Waals surface area contributed by atoms with Crippen molar-refractivity contribution in [3.05, 3.63) is 0 Å². The SMILES string of the molecule is CC/C(C)=N\NC(=O)CCCCCCC(=O)N/N=C(/C)CC. The second-order valence-corrected chi connectivity index (χ2v) is 5.39. The van der Waals surface area contributed by atoms with Gasteiger partial charge in [0.1, 0.15) is 0 Å². The van der Waals surface area contributed by atoms with Gasteiger partial charge in [-0.25, -0.2) is 10.9 Å². The van der Waals surface area contributed by atoms with Gasteiger partial charge in [0, 0.05) is 24.3 Å². The average molecular weight is 310 g/mol. The lowest BCUT2D eigenvalue weighted by atomic mass is 10.1. The van der Waals surface area contributed by atoms with E-state index in [0.717, 1.165) is 49.9 Å². The number of carbonyl (C=O) groups excluding carboxylic acids is 2. The van der Waals surface area contributed by atoms with Crippen LogP contribution in [0.2, 0.25) is 0 Å². The van der Waals surface area contributed by atoms with Crippen molar-refractivity contribution < 1.29 is 9.59 Å². The third-order valence-electron chi connectivity index (χ3n) is 3.32. The van der Waals surface area contributed by atoms with Crippen LogP contribution in [0, 0.1) is 0 Å². The first-order valence-electron chi connectivity index (χ1n) is 8.13. The highest BCUT2D eigenvalue weighted by atomic mass is 16.2. The molecule has 0 unspecified atom stereocenters. The van der Waals surface area contributed by atoms with E-state index >= 15 is 0 Å². The van der Waals surface area contributed by atoms with Gasteiger partial charge in [0.05, 0.1) is 0 Å². The molecule has 0 heterocycles. The maximum absolute atomic E-state index is 11.5. The molecule has 0 aromatic carbocycles. The summed E-state index contributed by atoms with van der Waals surface area (Å²) in [6.45, 7) is 7.76. The monoisotopic (exact) mass is 310 g/mol. The van der Waals surface area contributed by atoms with Crippen molar-refractivity contribution in [2.45, 2.75) is 79.1 Å². The summed E-state index contributed by atoms with van der Waals surface area (Å²) in [7, 11) is 0. The van der Waals surface area contributed by atoms with Gasteiger partial charge in [0.2, 0.25) is 11.8 Å². The van der Waals surface area contributed by atoms with Gasteiger partial charge in [-0.2, -0.15) is 10.2 Å². The Bertz CT molecular complexity index is 365. The van der Waals surface area contributed by atoms with Gasteiger partial charge < -0.3 is 0 Å². The normalized spacial score (nSPS) is 12.2. The zero-order chi connectivity index (χ0) is 16.8. The van der Waals surface area contributed by atoms with Crippen molar-refractivity contribution in [3.63, 3.8) is 0 Å². The number of hydrazone groups is 2. The van der Waals surface area contributed by atoms with Crippen LogP contribution in [0.3, 0.4) is 0 Å². The fraction of sp³-hybridized carbons (Fsp3) is 0.750. The molecular weight excluding hydrogens is 280 g/mol. The molecule has 0 aromatic rings. The predicted octanol–water partition coefficient (Wildman–Crippen LogP) is 3.13. The second kappa shape index (κ2) is 13.0. The quantitative estimate of drug-likeness (QED) is 0.349. The molecule has 22 heavy (non-hydrogen) atoms. The van der Waals surface area contributed by atoms with Crippen LogP contribution in [-0.4, -0.2) is 23.2 Å². The highest BCUT2D eigenvalue weighted by Gasteiger charge is 2.02. The number of nitrogens with one attached hydrogen (secondary N) is 2. The Kier molecular flexibility index (Phi) is 12.0. The van der Waals surface area contributed by atoms with E-state index in [4.69, 9.17) is 0 Å². The van der Waals surface area contributed by atoms with Crippen LogP contribution in [0.4, 0.5) is 0 Å². The van der Waals surface area contributed by atoms with E-state index < -0.39 is 0 Å². The van der Waals surface area contributed by atoms with E-state index in [1.807, 2.05) is 27.7 Å². The molecule has 0 fully saturated rings. The molecule has 0 aliphatic rings. The van der Waals surface area contributed by atoms with Crippen LogP contribution in [0.15, 0.2) is 10.2 Å². The lowest BCUT2D eigenvalue weighted by Gasteiger charge is -2.03. The van der Waals surface area contributed by atoms with Gasteiger partial charge >= 0.3 is 0 Å². The van der Waals surface area contributed by atoms with Crippen molar-refractivity contribution >= 4 is 23.2 Å². The molecule has 126 valence electrons. The van der Waals surface area contributed by atoms with Crippen molar-refractivity contribution in [1.82, 2.24) is 10.9 Å².